The van der Waals surface area contributed by atoms with E-state index >= 15 is 0 Å². The zero-order valence-electron chi connectivity index (χ0n) is 16.9. The number of unbranched alkanes of at least 4 members (excludes halogenated alkanes) is 2. The summed E-state index contributed by atoms with van der Waals surface area (Å²) < 4.78 is 5.52. The normalized spacial score (nSPS) is 12.6. The first kappa shape index (κ1) is 21.3. The SMILES string of the molecule is CCCCCC(C)Nc1ccccc1CN(CC)C(=O)OC(C)(C)C. The fourth-order valence-corrected chi connectivity index (χ4v) is 2.67. The maximum absolute atomic E-state index is 12.4. The Morgan fingerprint density at radius 2 is 1.88 bits per heavy atom. The van der Waals surface area contributed by atoms with Gasteiger partial charge in [-0.3, -0.25) is 0 Å². The molecule has 4 heteroatoms. The van der Waals surface area contributed by atoms with Crippen LogP contribution in [-0.4, -0.2) is 29.2 Å². The van der Waals surface area contributed by atoms with Crippen LogP contribution in [-0.2, 0) is 11.3 Å². The Labute approximate surface area is 153 Å². The van der Waals surface area contributed by atoms with Crippen molar-refractivity contribution in [1.82, 2.24) is 4.90 Å². The van der Waals surface area contributed by atoms with Crippen LogP contribution in [0.2, 0.25) is 0 Å². The van der Waals surface area contributed by atoms with Gasteiger partial charge in [0.25, 0.3) is 0 Å². The molecule has 25 heavy (non-hydrogen) atoms. The highest BCUT2D eigenvalue weighted by Crippen LogP contribution is 2.21. The molecule has 0 saturated carbocycles. The van der Waals surface area contributed by atoms with Gasteiger partial charge in [-0.1, -0.05) is 44.4 Å². The molecule has 1 unspecified atom stereocenters. The van der Waals surface area contributed by atoms with Crippen LogP contribution in [0.3, 0.4) is 0 Å². The van der Waals surface area contributed by atoms with E-state index in [1.807, 2.05) is 39.8 Å². The van der Waals surface area contributed by atoms with Crippen molar-refractivity contribution in [3.05, 3.63) is 29.8 Å². The molecule has 0 aliphatic carbocycles. The molecular weight excluding hydrogens is 312 g/mol. The van der Waals surface area contributed by atoms with Gasteiger partial charge in [-0.2, -0.15) is 0 Å². The summed E-state index contributed by atoms with van der Waals surface area (Å²) in [5.41, 5.74) is 1.75. The molecule has 0 saturated heterocycles. The predicted octanol–water partition coefficient (Wildman–Crippen LogP) is 5.82. The fraction of sp³-hybridized carbons (Fsp3) is 0.667. The minimum atomic E-state index is -0.476. The van der Waals surface area contributed by atoms with E-state index in [-0.39, 0.29) is 6.09 Å². The van der Waals surface area contributed by atoms with E-state index < -0.39 is 5.60 Å². The lowest BCUT2D eigenvalue weighted by atomic mass is 10.1. The number of benzene rings is 1. The number of hydrogen-bond acceptors (Lipinski definition) is 3. The second-order valence-corrected chi connectivity index (χ2v) is 7.69. The highest BCUT2D eigenvalue weighted by molar-refractivity contribution is 5.68. The summed E-state index contributed by atoms with van der Waals surface area (Å²) in [6.07, 6.45) is 4.65. The Kier molecular flexibility index (Phi) is 8.81. The van der Waals surface area contributed by atoms with Crippen LogP contribution in [0.25, 0.3) is 0 Å². The molecule has 142 valence electrons. The van der Waals surface area contributed by atoms with Crippen molar-refractivity contribution >= 4 is 11.8 Å². The third-order valence-corrected chi connectivity index (χ3v) is 4.05. The van der Waals surface area contributed by atoms with Crippen molar-refractivity contribution in [2.75, 3.05) is 11.9 Å². The number of carbonyl (C=O) groups is 1. The van der Waals surface area contributed by atoms with Crippen LogP contribution in [0.15, 0.2) is 24.3 Å². The molecule has 0 heterocycles. The highest BCUT2D eigenvalue weighted by Gasteiger charge is 2.22. The summed E-state index contributed by atoms with van der Waals surface area (Å²) in [5.74, 6) is 0. The maximum atomic E-state index is 12.4. The number of hydrogen-bond donors (Lipinski definition) is 1. The van der Waals surface area contributed by atoms with Gasteiger partial charge in [0.05, 0.1) is 6.54 Å². The summed E-state index contributed by atoms with van der Waals surface area (Å²) in [4.78, 5) is 14.1. The summed E-state index contributed by atoms with van der Waals surface area (Å²) in [6, 6.07) is 8.65. The van der Waals surface area contributed by atoms with E-state index in [2.05, 4.69) is 31.3 Å². The van der Waals surface area contributed by atoms with Crippen molar-refractivity contribution in [2.24, 2.45) is 0 Å². The van der Waals surface area contributed by atoms with Gasteiger partial charge in [0.2, 0.25) is 0 Å². The van der Waals surface area contributed by atoms with E-state index in [0.29, 0.717) is 19.1 Å². The molecule has 0 radical (unpaired) electrons. The first-order valence-corrected chi connectivity index (χ1v) is 9.59. The largest absolute Gasteiger partial charge is 0.444 e. The Hall–Kier alpha value is -1.71. The molecule has 1 aromatic rings. The molecule has 0 spiro atoms. The fourth-order valence-electron chi connectivity index (χ4n) is 2.67. The van der Waals surface area contributed by atoms with Crippen molar-refractivity contribution in [1.29, 1.82) is 0 Å². The van der Waals surface area contributed by atoms with Crippen LogP contribution in [0.1, 0.15) is 72.8 Å². The topological polar surface area (TPSA) is 41.6 Å². The lowest BCUT2D eigenvalue weighted by Crippen LogP contribution is -2.36. The highest BCUT2D eigenvalue weighted by atomic mass is 16.6. The zero-order chi connectivity index (χ0) is 18.9. The Balaban J connectivity index is 2.75. The van der Waals surface area contributed by atoms with Gasteiger partial charge < -0.3 is 15.0 Å². The Morgan fingerprint density at radius 1 is 1.20 bits per heavy atom. The predicted molar refractivity (Wildman–Crippen MR) is 106 cm³/mol. The standard InChI is InChI=1S/C21H36N2O2/c1-7-9-10-13-17(3)22-19-15-12-11-14-18(19)16-23(8-2)20(24)25-21(4,5)6/h11-12,14-15,17,22H,7-10,13,16H2,1-6H3. The molecule has 1 amide bonds. The molecule has 1 rings (SSSR count). The minimum absolute atomic E-state index is 0.263. The smallest absolute Gasteiger partial charge is 0.410 e. The van der Waals surface area contributed by atoms with Gasteiger partial charge in [-0.25, -0.2) is 4.79 Å². The lowest BCUT2D eigenvalue weighted by molar-refractivity contribution is 0.0245. The molecule has 1 atom stereocenters. The lowest BCUT2D eigenvalue weighted by Gasteiger charge is -2.27. The molecule has 0 fully saturated rings. The number of carbonyl (C=O) groups excluding carboxylic acids is 1. The van der Waals surface area contributed by atoms with Crippen LogP contribution < -0.4 is 5.32 Å². The molecule has 0 bridgehead atoms. The van der Waals surface area contributed by atoms with Gasteiger partial charge in [-0.05, 0) is 52.7 Å². The third-order valence-electron chi connectivity index (χ3n) is 4.05. The average molecular weight is 349 g/mol. The Morgan fingerprint density at radius 3 is 2.48 bits per heavy atom. The molecule has 0 aliphatic rings. The van der Waals surface area contributed by atoms with Crippen molar-refractivity contribution < 1.29 is 9.53 Å². The second-order valence-electron chi connectivity index (χ2n) is 7.69. The number of para-hydroxylation sites is 1. The quantitative estimate of drug-likeness (QED) is 0.571. The number of nitrogens with one attached hydrogen (secondary N) is 1. The minimum Gasteiger partial charge on any atom is -0.444 e. The summed E-state index contributed by atoms with van der Waals surface area (Å²) in [5, 5.41) is 3.61. The summed E-state index contributed by atoms with van der Waals surface area (Å²) in [7, 11) is 0. The van der Waals surface area contributed by atoms with Crippen LogP contribution >= 0.6 is 0 Å². The first-order valence-electron chi connectivity index (χ1n) is 9.59. The molecular formula is C21H36N2O2. The summed E-state index contributed by atoms with van der Waals surface area (Å²) in [6.45, 7) is 13.3. The van der Waals surface area contributed by atoms with Crippen LogP contribution in [0, 0.1) is 0 Å². The average Bonchev–Trinajstić information content (AvgIpc) is 2.52. The van der Waals surface area contributed by atoms with E-state index in [1.165, 1.54) is 19.3 Å². The number of nitrogens with zero attached hydrogens (tertiary/aromatic N) is 1. The van der Waals surface area contributed by atoms with Crippen molar-refractivity contribution in [3.63, 3.8) is 0 Å². The van der Waals surface area contributed by atoms with Crippen molar-refractivity contribution in [3.8, 4) is 0 Å². The van der Waals surface area contributed by atoms with Crippen LogP contribution in [0.5, 0.6) is 0 Å². The maximum Gasteiger partial charge on any atom is 0.410 e. The number of anilines is 1. The number of ether oxygens (including phenoxy) is 1. The number of amides is 1. The van der Waals surface area contributed by atoms with E-state index in [4.69, 9.17) is 4.74 Å². The van der Waals surface area contributed by atoms with Crippen LogP contribution in [0.4, 0.5) is 10.5 Å². The summed E-state index contributed by atoms with van der Waals surface area (Å²) >= 11 is 0. The second kappa shape index (κ2) is 10.3. The van der Waals surface area contributed by atoms with Gasteiger partial charge in [0.1, 0.15) is 5.60 Å². The monoisotopic (exact) mass is 348 g/mol. The molecule has 1 aromatic carbocycles. The molecule has 1 N–H and O–H groups in total. The first-order chi connectivity index (χ1) is 11.8. The van der Waals surface area contributed by atoms with Gasteiger partial charge in [0.15, 0.2) is 0 Å². The van der Waals surface area contributed by atoms with Gasteiger partial charge in [-0.15, -0.1) is 0 Å². The van der Waals surface area contributed by atoms with E-state index in [0.717, 1.165) is 17.7 Å². The van der Waals surface area contributed by atoms with E-state index in [9.17, 15) is 4.79 Å². The number of rotatable bonds is 9. The molecule has 4 nitrogen and oxygen atoms in total. The molecule has 0 aliphatic heterocycles. The van der Waals surface area contributed by atoms with Gasteiger partial charge >= 0.3 is 6.09 Å². The molecule has 0 aromatic heterocycles. The van der Waals surface area contributed by atoms with Gasteiger partial charge in [0, 0.05) is 18.3 Å². The third kappa shape index (κ3) is 8.28. The zero-order valence-corrected chi connectivity index (χ0v) is 16.9. The van der Waals surface area contributed by atoms with Crippen molar-refractivity contribution in [2.45, 2.75) is 85.4 Å². The van der Waals surface area contributed by atoms with E-state index in [1.54, 1.807) is 4.90 Å². The Bertz CT molecular complexity index is 523.